The summed E-state index contributed by atoms with van der Waals surface area (Å²) in [6.07, 6.45) is 3.96. The molecule has 224 valence electrons. The van der Waals surface area contributed by atoms with Gasteiger partial charge in [-0.2, -0.15) is 9.37 Å². The van der Waals surface area contributed by atoms with E-state index in [0.717, 1.165) is 36.8 Å². The van der Waals surface area contributed by atoms with Gasteiger partial charge >= 0.3 is 0 Å². The number of aromatic nitrogens is 3. The van der Waals surface area contributed by atoms with Gasteiger partial charge in [-0.3, -0.25) is 0 Å². The number of halogens is 1. The van der Waals surface area contributed by atoms with Gasteiger partial charge in [0, 0.05) is 25.4 Å². The Morgan fingerprint density at radius 3 is 2.30 bits per heavy atom. The van der Waals surface area contributed by atoms with Crippen LogP contribution in [0.3, 0.4) is 0 Å². The Bertz CT molecular complexity index is 1480. The molecule has 1 fully saturated rings. The summed E-state index contributed by atoms with van der Waals surface area (Å²) in [7, 11) is 0. The molecule has 8 nitrogen and oxygen atoms in total. The zero-order valence-electron chi connectivity index (χ0n) is 25.0. The summed E-state index contributed by atoms with van der Waals surface area (Å²) in [5, 5.41) is 0. The molecule has 0 amide bonds. The molecule has 0 aliphatic carbocycles. The first kappa shape index (κ1) is 31.1. The van der Waals surface area contributed by atoms with Crippen molar-refractivity contribution in [2.24, 2.45) is 5.41 Å². The SMILES string of the molecule is CC#CCOc1ncnc(N2CCC(C)(C)C2)c1F.CC(COc1ccc(Oc2ccccc2)cc1)Oc1ccccn1. The highest BCUT2D eigenvalue weighted by Crippen LogP contribution is 2.34. The van der Waals surface area contributed by atoms with E-state index >= 15 is 0 Å². The average molecular weight is 585 g/mol. The fourth-order valence-corrected chi connectivity index (χ4v) is 4.23. The highest BCUT2D eigenvalue weighted by molar-refractivity contribution is 5.44. The zero-order chi connectivity index (χ0) is 30.5. The molecule has 43 heavy (non-hydrogen) atoms. The van der Waals surface area contributed by atoms with E-state index in [-0.39, 0.29) is 24.0 Å². The summed E-state index contributed by atoms with van der Waals surface area (Å²) in [6.45, 7) is 10.1. The molecule has 0 radical (unpaired) electrons. The Hall–Kier alpha value is -4.84. The van der Waals surface area contributed by atoms with Crippen LogP contribution in [0.4, 0.5) is 10.2 Å². The van der Waals surface area contributed by atoms with Crippen molar-refractivity contribution in [2.75, 3.05) is 31.2 Å². The largest absolute Gasteiger partial charge is 0.490 e. The predicted octanol–water partition coefficient (Wildman–Crippen LogP) is 6.97. The molecule has 0 spiro atoms. The van der Waals surface area contributed by atoms with Crippen molar-refractivity contribution in [3.05, 3.63) is 91.1 Å². The van der Waals surface area contributed by atoms with E-state index < -0.39 is 5.82 Å². The lowest BCUT2D eigenvalue weighted by molar-refractivity contribution is 0.138. The molecule has 5 rings (SSSR count). The lowest BCUT2D eigenvalue weighted by atomic mass is 9.93. The highest BCUT2D eigenvalue weighted by Gasteiger charge is 2.32. The fraction of sp³-hybridized carbons (Fsp3) is 0.324. The van der Waals surface area contributed by atoms with E-state index in [0.29, 0.717) is 18.3 Å². The molecule has 3 heterocycles. The Morgan fingerprint density at radius 1 is 0.907 bits per heavy atom. The van der Waals surface area contributed by atoms with Crippen LogP contribution in [0.1, 0.15) is 34.1 Å². The number of anilines is 1. The molecule has 4 aromatic rings. The second kappa shape index (κ2) is 15.4. The maximum Gasteiger partial charge on any atom is 0.256 e. The summed E-state index contributed by atoms with van der Waals surface area (Å²) in [5.74, 6) is 8.13. The molecule has 1 aliphatic heterocycles. The van der Waals surface area contributed by atoms with Crippen LogP contribution in [0.15, 0.2) is 85.3 Å². The first-order chi connectivity index (χ1) is 20.8. The number of para-hydroxylation sites is 1. The van der Waals surface area contributed by atoms with Gasteiger partial charge in [0.25, 0.3) is 5.88 Å². The summed E-state index contributed by atoms with van der Waals surface area (Å²) < 4.78 is 36.6. The second-order valence-electron chi connectivity index (χ2n) is 10.7. The molecule has 9 heteroatoms. The quantitative estimate of drug-likeness (QED) is 0.185. The third kappa shape index (κ3) is 9.89. The predicted molar refractivity (Wildman–Crippen MR) is 164 cm³/mol. The Morgan fingerprint density at radius 2 is 1.63 bits per heavy atom. The van der Waals surface area contributed by atoms with Gasteiger partial charge in [0.1, 0.15) is 36.3 Å². The van der Waals surface area contributed by atoms with E-state index in [1.807, 2.05) is 84.6 Å². The van der Waals surface area contributed by atoms with E-state index in [4.69, 9.17) is 18.9 Å². The average Bonchev–Trinajstić information content (AvgIpc) is 3.38. The van der Waals surface area contributed by atoms with Crippen LogP contribution < -0.4 is 23.8 Å². The van der Waals surface area contributed by atoms with Crippen LogP contribution in [0.25, 0.3) is 0 Å². The minimum Gasteiger partial charge on any atom is -0.490 e. The van der Waals surface area contributed by atoms with Gasteiger partial charge in [0.2, 0.25) is 11.7 Å². The molecular formula is C34H37FN4O4. The number of ether oxygens (including phenoxy) is 4. The van der Waals surface area contributed by atoms with Crippen LogP contribution in [-0.2, 0) is 0 Å². The third-order valence-electron chi connectivity index (χ3n) is 6.42. The monoisotopic (exact) mass is 584 g/mol. The molecule has 0 N–H and O–H groups in total. The van der Waals surface area contributed by atoms with Crippen molar-refractivity contribution < 1.29 is 23.3 Å². The van der Waals surface area contributed by atoms with Gasteiger partial charge in [0.15, 0.2) is 12.4 Å². The fourth-order valence-electron chi connectivity index (χ4n) is 4.23. The summed E-state index contributed by atoms with van der Waals surface area (Å²) in [5.41, 5.74) is 0.187. The third-order valence-corrected chi connectivity index (χ3v) is 6.42. The second-order valence-corrected chi connectivity index (χ2v) is 10.7. The van der Waals surface area contributed by atoms with Crippen LogP contribution in [0.5, 0.6) is 29.0 Å². The standard InChI is InChI=1S/C20H19NO3.C14H18FN3O/c1-16(23-20-9-5-6-14-21-20)15-22-17-10-12-19(13-11-17)24-18-7-3-2-4-8-18;1-4-5-8-19-13-11(15)12(16-10-17-13)18-7-6-14(2,3)9-18/h2-14,16H,15H2,1H3;10H,6-9H2,1-3H3. The van der Waals surface area contributed by atoms with Gasteiger partial charge in [-0.1, -0.05) is 44.0 Å². The van der Waals surface area contributed by atoms with Gasteiger partial charge in [-0.15, -0.1) is 5.92 Å². The lowest BCUT2D eigenvalue weighted by Crippen LogP contribution is -2.25. The van der Waals surface area contributed by atoms with Crippen LogP contribution >= 0.6 is 0 Å². The minimum atomic E-state index is -0.502. The van der Waals surface area contributed by atoms with Gasteiger partial charge in [-0.25, -0.2) is 9.97 Å². The topological polar surface area (TPSA) is 78.8 Å². The number of hydrogen-bond donors (Lipinski definition) is 0. The number of pyridine rings is 1. The first-order valence-corrected chi connectivity index (χ1v) is 14.1. The van der Waals surface area contributed by atoms with Gasteiger partial charge in [0.05, 0.1) is 0 Å². The molecule has 1 aliphatic rings. The maximum absolute atomic E-state index is 14.3. The molecule has 2 aromatic carbocycles. The molecule has 2 aromatic heterocycles. The van der Waals surface area contributed by atoms with Crippen molar-refractivity contribution >= 4 is 5.82 Å². The normalized spacial score (nSPS) is 13.9. The van der Waals surface area contributed by atoms with E-state index in [9.17, 15) is 4.39 Å². The molecule has 0 bridgehead atoms. The number of hydrogen-bond acceptors (Lipinski definition) is 8. The Kier molecular flexibility index (Phi) is 11.1. The van der Waals surface area contributed by atoms with Gasteiger partial charge in [-0.05, 0) is 68.1 Å². The summed E-state index contributed by atoms with van der Waals surface area (Å²) in [6, 6.07) is 22.8. The van der Waals surface area contributed by atoms with Crippen molar-refractivity contribution in [1.82, 2.24) is 15.0 Å². The van der Waals surface area contributed by atoms with Crippen LogP contribution in [-0.4, -0.2) is 47.4 Å². The maximum atomic E-state index is 14.3. The van der Waals surface area contributed by atoms with Crippen LogP contribution in [0.2, 0.25) is 0 Å². The van der Waals surface area contributed by atoms with Crippen molar-refractivity contribution in [3.63, 3.8) is 0 Å². The van der Waals surface area contributed by atoms with Crippen molar-refractivity contribution in [3.8, 4) is 40.8 Å². The molecular weight excluding hydrogens is 547 g/mol. The summed E-state index contributed by atoms with van der Waals surface area (Å²) in [4.78, 5) is 13.9. The molecule has 1 saturated heterocycles. The van der Waals surface area contributed by atoms with Gasteiger partial charge < -0.3 is 23.8 Å². The number of rotatable bonds is 10. The molecule has 1 unspecified atom stereocenters. The van der Waals surface area contributed by atoms with E-state index in [1.165, 1.54) is 6.33 Å². The minimum absolute atomic E-state index is 0.0301. The molecule has 1 atom stereocenters. The van der Waals surface area contributed by atoms with Crippen molar-refractivity contribution in [1.29, 1.82) is 0 Å². The highest BCUT2D eigenvalue weighted by atomic mass is 19.1. The van der Waals surface area contributed by atoms with E-state index in [2.05, 4.69) is 40.6 Å². The molecule has 0 saturated carbocycles. The lowest BCUT2D eigenvalue weighted by Gasteiger charge is -2.21. The Labute approximate surface area is 252 Å². The summed E-state index contributed by atoms with van der Waals surface area (Å²) >= 11 is 0. The van der Waals surface area contributed by atoms with E-state index in [1.54, 1.807) is 13.1 Å². The Balaban J connectivity index is 0.000000203. The zero-order valence-corrected chi connectivity index (χ0v) is 25.0. The smallest absolute Gasteiger partial charge is 0.256 e. The number of benzene rings is 2. The number of nitrogens with zero attached hydrogens (tertiary/aromatic N) is 4. The van der Waals surface area contributed by atoms with Crippen LogP contribution in [0, 0.1) is 23.1 Å². The van der Waals surface area contributed by atoms with Crippen molar-refractivity contribution in [2.45, 2.75) is 40.2 Å². The first-order valence-electron chi connectivity index (χ1n) is 14.1.